The summed E-state index contributed by atoms with van der Waals surface area (Å²) in [7, 11) is 2.13. The predicted molar refractivity (Wildman–Crippen MR) is 107 cm³/mol. The molecule has 1 aromatic carbocycles. The van der Waals surface area contributed by atoms with Crippen LogP contribution >= 0.6 is 0 Å². The first-order chi connectivity index (χ1) is 12.3. The summed E-state index contributed by atoms with van der Waals surface area (Å²) in [6.07, 6.45) is 3.23. The summed E-state index contributed by atoms with van der Waals surface area (Å²) in [5, 5.41) is 0. The predicted octanol–water partition coefficient (Wildman–Crippen LogP) is 5.06. The minimum atomic E-state index is -0.0694. The molecule has 0 spiro atoms. The summed E-state index contributed by atoms with van der Waals surface area (Å²) in [6.45, 7) is 11.1. The highest BCUT2D eigenvalue weighted by Crippen LogP contribution is 2.49. The molecule has 2 heterocycles. The van der Waals surface area contributed by atoms with Crippen molar-refractivity contribution >= 4 is 0 Å². The molecule has 0 saturated carbocycles. The van der Waals surface area contributed by atoms with Gasteiger partial charge in [0.05, 0.1) is 5.69 Å². The maximum atomic E-state index is 4.89. The lowest BCUT2D eigenvalue weighted by molar-refractivity contribution is -0.660. The Hall–Kier alpha value is -2.48. The van der Waals surface area contributed by atoms with Crippen molar-refractivity contribution in [1.82, 2.24) is 4.98 Å². The van der Waals surface area contributed by atoms with Crippen LogP contribution in [-0.4, -0.2) is 4.98 Å². The monoisotopic (exact) mass is 343 g/mol. The second kappa shape index (κ2) is 5.77. The van der Waals surface area contributed by atoms with Gasteiger partial charge in [-0.05, 0) is 54.7 Å². The molecule has 132 valence electrons. The maximum Gasteiger partial charge on any atom is 0.212 e. The molecule has 0 atom stereocenters. The van der Waals surface area contributed by atoms with E-state index in [0.29, 0.717) is 0 Å². The van der Waals surface area contributed by atoms with E-state index in [2.05, 4.69) is 88.8 Å². The number of benzene rings is 1. The molecule has 0 fully saturated rings. The zero-order chi connectivity index (χ0) is 18.6. The number of pyridine rings is 2. The summed E-state index contributed by atoms with van der Waals surface area (Å²) in [6, 6.07) is 13.6. The zero-order valence-corrected chi connectivity index (χ0v) is 16.6. The molecule has 1 aliphatic rings. The quantitative estimate of drug-likeness (QED) is 0.594. The van der Waals surface area contributed by atoms with E-state index in [1.54, 1.807) is 0 Å². The van der Waals surface area contributed by atoms with Crippen molar-refractivity contribution in [3.8, 4) is 22.4 Å². The van der Waals surface area contributed by atoms with Crippen molar-refractivity contribution in [1.29, 1.82) is 0 Å². The van der Waals surface area contributed by atoms with E-state index in [1.807, 2.05) is 0 Å². The molecule has 0 aliphatic heterocycles. The SMILES string of the molecule is CCc1cc[n+](C)c(-c2cc3c(cc2C)-c2ccc(C)nc2C3(C)C)c1. The molecular weight excluding hydrogens is 316 g/mol. The van der Waals surface area contributed by atoms with Gasteiger partial charge in [-0.3, -0.25) is 4.98 Å². The number of fused-ring (bicyclic) bond motifs is 3. The van der Waals surface area contributed by atoms with Crippen LogP contribution in [0.1, 0.15) is 48.8 Å². The Balaban J connectivity index is 1.97. The van der Waals surface area contributed by atoms with Crippen LogP contribution in [0.2, 0.25) is 0 Å². The van der Waals surface area contributed by atoms with E-state index in [9.17, 15) is 0 Å². The van der Waals surface area contributed by atoms with Crippen LogP contribution in [0, 0.1) is 13.8 Å². The van der Waals surface area contributed by atoms with E-state index in [-0.39, 0.29) is 5.41 Å². The highest BCUT2D eigenvalue weighted by Gasteiger charge is 2.38. The average Bonchev–Trinajstić information content (AvgIpc) is 2.82. The number of nitrogens with zero attached hydrogens (tertiary/aromatic N) is 2. The van der Waals surface area contributed by atoms with Crippen LogP contribution in [0.3, 0.4) is 0 Å². The summed E-state index contributed by atoms with van der Waals surface area (Å²) in [5.41, 5.74) is 11.5. The third-order valence-electron chi connectivity index (χ3n) is 5.85. The smallest absolute Gasteiger partial charge is 0.212 e. The van der Waals surface area contributed by atoms with Crippen molar-refractivity contribution in [2.24, 2.45) is 7.05 Å². The minimum absolute atomic E-state index is 0.0694. The molecule has 2 nitrogen and oxygen atoms in total. The van der Waals surface area contributed by atoms with Crippen molar-refractivity contribution in [3.63, 3.8) is 0 Å². The van der Waals surface area contributed by atoms with E-state index in [4.69, 9.17) is 4.98 Å². The van der Waals surface area contributed by atoms with E-state index < -0.39 is 0 Å². The summed E-state index contributed by atoms with van der Waals surface area (Å²) in [5.74, 6) is 0. The van der Waals surface area contributed by atoms with Gasteiger partial charge in [0.15, 0.2) is 6.20 Å². The molecule has 26 heavy (non-hydrogen) atoms. The van der Waals surface area contributed by atoms with Gasteiger partial charge in [0, 0.05) is 34.4 Å². The molecule has 0 bridgehead atoms. The lowest BCUT2D eigenvalue weighted by atomic mass is 9.83. The average molecular weight is 343 g/mol. The molecule has 0 N–H and O–H groups in total. The van der Waals surface area contributed by atoms with Gasteiger partial charge in [-0.15, -0.1) is 0 Å². The maximum absolute atomic E-state index is 4.89. The molecule has 0 unspecified atom stereocenters. The van der Waals surface area contributed by atoms with Crippen molar-refractivity contribution < 1.29 is 4.57 Å². The Kier molecular flexibility index (Phi) is 3.76. The molecule has 0 radical (unpaired) electrons. The molecule has 1 aliphatic carbocycles. The van der Waals surface area contributed by atoms with E-state index in [0.717, 1.165) is 12.1 Å². The van der Waals surface area contributed by atoms with Crippen molar-refractivity contribution in [3.05, 3.63) is 70.7 Å². The lowest BCUT2D eigenvalue weighted by Crippen LogP contribution is -2.31. The molecule has 2 aromatic heterocycles. The fourth-order valence-corrected chi connectivity index (χ4v) is 4.20. The molecule has 0 saturated heterocycles. The fraction of sp³-hybridized carbons (Fsp3) is 0.333. The number of aromatic nitrogens is 2. The summed E-state index contributed by atoms with van der Waals surface area (Å²) in [4.78, 5) is 4.89. The summed E-state index contributed by atoms with van der Waals surface area (Å²) >= 11 is 0. The second-order valence-corrected chi connectivity index (χ2v) is 8.07. The van der Waals surface area contributed by atoms with Crippen LogP contribution in [0.25, 0.3) is 22.4 Å². The first-order valence-electron chi connectivity index (χ1n) is 9.45. The van der Waals surface area contributed by atoms with Crippen LogP contribution in [0.4, 0.5) is 0 Å². The van der Waals surface area contributed by atoms with Gasteiger partial charge < -0.3 is 0 Å². The standard InChI is InChI=1S/C24H27N2/c1-7-17-10-11-26(6)22(13-17)19-14-21-20(12-15(19)2)18-9-8-16(3)25-23(18)24(21,4)5/h8-14H,7H2,1-6H3/q+1. The number of hydrogen-bond acceptors (Lipinski definition) is 1. The Morgan fingerprint density at radius 2 is 1.73 bits per heavy atom. The number of aryl methyl sites for hydroxylation is 4. The van der Waals surface area contributed by atoms with Crippen LogP contribution < -0.4 is 4.57 Å². The Morgan fingerprint density at radius 3 is 2.46 bits per heavy atom. The Morgan fingerprint density at radius 1 is 0.962 bits per heavy atom. The molecule has 4 rings (SSSR count). The Bertz CT molecular complexity index is 1030. The van der Waals surface area contributed by atoms with Gasteiger partial charge in [-0.1, -0.05) is 32.9 Å². The molecule has 3 aromatic rings. The first kappa shape index (κ1) is 17.0. The third kappa shape index (κ3) is 2.39. The molecule has 0 amide bonds. The second-order valence-electron chi connectivity index (χ2n) is 8.07. The Labute approximate surface area is 156 Å². The van der Waals surface area contributed by atoms with Crippen LogP contribution in [0.15, 0.2) is 42.6 Å². The van der Waals surface area contributed by atoms with Gasteiger partial charge >= 0.3 is 0 Å². The highest BCUT2D eigenvalue weighted by molar-refractivity contribution is 5.83. The third-order valence-corrected chi connectivity index (χ3v) is 5.85. The molecule has 2 heteroatoms. The minimum Gasteiger partial charge on any atom is -0.257 e. The summed E-state index contributed by atoms with van der Waals surface area (Å²) < 4.78 is 2.23. The van der Waals surface area contributed by atoms with Gasteiger partial charge in [0.1, 0.15) is 7.05 Å². The van der Waals surface area contributed by atoms with Gasteiger partial charge in [0.2, 0.25) is 5.69 Å². The van der Waals surface area contributed by atoms with E-state index >= 15 is 0 Å². The van der Waals surface area contributed by atoms with Crippen molar-refractivity contribution in [2.45, 2.75) is 46.5 Å². The number of rotatable bonds is 2. The van der Waals surface area contributed by atoms with Gasteiger partial charge in [-0.25, -0.2) is 4.57 Å². The zero-order valence-electron chi connectivity index (χ0n) is 16.6. The van der Waals surface area contributed by atoms with Crippen molar-refractivity contribution in [2.75, 3.05) is 0 Å². The van der Waals surface area contributed by atoms with Gasteiger partial charge in [0.25, 0.3) is 0 Å². The normalized spacial score (nSPS) is 14.2. The number of hydrogen-bond donors (Lipinski definition) is 0. The highest BCUT2D eigenvalue weighted by atomic mass is 14.9. The topological polar surface area (TPSA) is 16.8 Å². The van der Waals surface area contributed by atoms with Gasteiger partial charge in [-0.2, -0.15) is 0 Å². The fourth-order valence-electron chi connectivity index (χ4n) is 4.20. The van der Waals surface area contributed by atoms with Crippen LogP contribution in [-0.2, 0) is 18.9 Å². The first-order valence-corrected chi connectivity index (χ1v) is 9.45. The largest absolute Gasteiger partial charge is 0.257 e. The van der Waals surface area contributed by atoms with E-state index in [1.165, 1.54) is 44.8 Å². The van der Waals surface area contributed by atoms with Crippen LogP contribution in [0.5, 0.6) is 0 Å². The molecular formula is C24H27N2+. The lowest BCUT2D eigenvalue weighted by Gasteiger charge is -2.21.